The van der Waals surface area contributed by atoms with Crippen molar-refractivity contribution in [3.05, 3.63) is 23.0 Å². The zero-order valence-electron chi connectivity index (χ0n) is 14.7. The molecule has 0 atom stereocenters. The number of nitrogens with zero attached hydrogens (tertiary/aromatic N) is 2. The van der Waals surface area contributed by atoms with E-state index in [-0.39, 0.29) is 24.0 Å². The summed E-state index contributed by atoms with van der Waals surface area (Å²) in [5.41, 5.74) is 3.11. The number of halogens is 1. The lowest BCUT2D eigenvalue weighted by atomic mass is 10.1. The number of methoxy groups -OCH3 is 1. The molecule has 7 heteroatoms. The molecule has 0 spiro atoms. The maximum Gasteiger partial charge on any atom is 0.191 e. The fourth-order valence-electron chi connectivity index (χ4n) is 2.22. The average Bonchev–Trinajstić information content (AvgIpc) is 2.52. The Morgan fingerprint density at radius 2 is 2.04 bits per heavy atom. The van der Waals surface area contributed by atoms with Gasteiger partial charge in [0.2, 0.25) is 0 Å². The van der Waals surface area contributed by atoms with Gasteiger partial charge in [0, 0.05) is 30.9 Å². The summed E-state index contributed by atoms with van der Waals surface area (Å²) in [6.45, 7) is 5.61. The molecular formula is C16H29IN4OS. The van der Waals surface area contributed by atoms with Gasteiger partial charge in [-0.1, -0.05) is 0 Å². The molecule has 0 fully saturated rings. The minimum atomic E-state index is 0. The Labute approximate surface area is 161 Å². The number of unbranched alkanes of at least 4 members (excludes halogenated alkanes) is 1. The van der Waals surface area contributed by atoms with E-state index in [0.29, 0.717) is 6.54 Å². The first-order valence-electron chi connectivity index (χ1n) is 7.56. The normalized spacial score (nSPS) is 10.9. The maximum atomic E-state index is 5.44. The van der Waals surface area contributed by atoms with Gasteiger partial charge in [0.15, 0.2) is 5.96 Å². The standard InChI is InChI=1S/C16H28N4OS.HI/c1-12-10-19-14(13(2)15(12)21-4)11-20-16(17-3)18-8-6-7-9-22-5;/h10H,6-9,11H2,1-5H3,(H2,17,18,20);1H. The van der Waals surface area contributed by atoms with Gasteiger partial charge in [0.25, 0.3) is 0 Å². The van der Waals surface area contributed by atoms with Crippen molar-refractivity contribution in [2.24, 2.45) is 4.99 Å². The molecule has 2 N–H and O–H groups in total. The first-order chi connectivity index (χ1) is 10.6. The van der Waals surface area contributed by atoms with E-state index >= 15 is 0 Å². The van der Waals surface area contributed by atoms with Gasteiger partial charge in [-0.3, -0.25) is 9.98 Å². The molecule has 0 bridgehead atoms. The third-order valence-electron chi connectivity index (χ3n) is 3.46. The minimum Gasteiger partial charge on any atom is -0.496 e. The number of pyridine rings is 1. The number of aliphatic imine (C=N–C) groups is 1. The lowest BCUT2D eigenvalue weighted by molar-refractivity contribution is 0.406. The number of thioether (sulfide) groups is 1. The predicted octanol–water partition coefficient (Wildman–Crippen LogP) is 3.13. The van der Waals surface area contributed by atoms with Crippen LogP contribution in [-0.4, -0.2) is 43.7 Å². The van der Waals surface area contributed by atoms with Gasteiger partial charge in [0.05, 0.1) is 19.3 Å². The maximum absolute atomic E-state index is 5.44. The smallest absolute Gasteiger partial charge is 0.191 e. The number of nitrogens with one attached hydrogen (secondary N) is 2. The van der Waals surface area contributed by atoms with Gasteiger partial charge in [-0.15, -0.1) is 24.0 Å². The molecule has 0 radical (unpaired) electrons. The number of rotatable bonds is 8. The van der Waals surface area contributed by atoms with E-state index in [2.05, 4.69) is 26.9 Å². The van der Waals surface area contributed by atoms with E-state index in [1.807, 2.05) is 31.8 Å². The van der Waals surface area contributed by atoms with Crippen molar-refractivity contribution in [1.29, 1.82) is 0 Å². The van der Waals surface area contributed by atoms with E-state index in [9.17, 15) is 0 Å². The Morgan fingerprint density at radius 3 is 2.65 bits per heavy atom. The summed E-state index contributed by atoms with van der Waals surface area (Å²) in [6.07, 6.45) is 6.36. The van der Waals surface area contributed by atoms with E-state index in [1.165, 1.54) is 12.2 Å². The van der Waals surface area contributed by atoms with Crippen LogP contribution in [0.15, 0.2) is 11.2 Å². The number of aryl methyl sites for hydroxylation is 1. The van der Waals surface area contributed by atoms with Gasteiger partial charge < -0.3 is 15.4 Å². The first-order valence-corrected chi connectivity index (χ1v) is 8.96. The van der Waals surface area contributed by atoms with Gasteiger partial charge in [0.1, 0.15) is 5.75 Å². The van der Waals surface area contributed by atoms with Crippen LogP contribution < -0.4 is 15.4 Å². The molecule has 0 aliphatic heterocycles. The lowest BCUT2D eigenvalue weighted by Crippen LogP contribution is -2.37. The Bertz CT molecular complexity index is 497. The zero-order chi connectivity index (χ0) is 16.4. The molecule has 0 aliphatic rings. The van der Waals surface area contributed by atoms with Crippen LogP contribution in [-0.2, 0) is 6.54 Å². The van der Waals surface area contributed by atoms with Crippen LogP contribution in [0.25, 0.3) is 0 Å². The molecule has 1 rings (SSSR count). The van der Waals surface area contributed by atoms with E-state index in [0.717, 1.165) is 41.5 Å². The van der Waals surface area contributed by atoms with Crippen molar-refractivity contribution in [2.75, 3.05) is 32.7 Å². The molecular weight excluding hydrogens is 423 g/mol. The van der Waals surface area contributed by atoms with Gasteiger partial charge in [-0.05, 0) is 38.7 Å². The Morgan fingerprint density at radius 1 is 1.30 bits per heavy atom. The molecule has 0 aliphatic carbocycles. The number of ether oxygens (including phenoxy) is 1. The van der Waals surface area contributed by atoms with Crippen LogP contribution in [0.5, 0.6) is 5.75 Å². The van der Waals surface area contributed by atoms with E-state index in [4.69, 9.17) is 4.74 Å². The van der Waals surface area contributed by atoms with Crippen LogP contribution >= 0.6 is 35.7 Å². The number of hydrogen-bond acceptors (Lipinski definition) is 4. The van der Waals surface area contributed by atoms with Crippen molar-refractivity contribution in [3.63, 3.8) is 0 Å². The largest absolute Gasteiger partial charge is 0.496 e. The van der Waals surface area contributed by atoms with Crippen molar-refractivity contribution in [2.45, 2.75) is 33.2 Å². The summed E-state index contributed by atoms with van der Waals surface area (Å²) in [4.78, 5) is 8.73. The van der Waals surface area contributed by atoms with Crippen LogP contribution in [0.1, 0.15) is 29.7 Å². The Balaban J connectivity index is 0.00000484. The summed E-state index contributed by atoms with van der Waals surface area (Å²) in [6, 6.07) is 0. The third-order valence-corrected chi connectivity index (χ3v) is 4.16. The van der Waals surface area contributed by atoms with Crippen molar-refractivity contribution in [3.8, 4) is 5.75 Å². The highest BCUT2D eigenvalue weighted by Crippen LogP contribution is 2.23. The monoisotopic (exact) mass is 452 g/mol. The Hall–Kier alpha value is -0.700. The summed E-state index contributed by atoms with van der Waals surface area (Å²) in [7, 11) is 3.48. The fraction of sp³-hybridized carbons (Fsp3) is 0.625. The predicted molar refractivity (Wildman–Crippen MR) is 111 cm³/mol. The molecule has 1 heterocycles. The van der Waals surface area contributed by atoms with Crippen LogP contribution in [0.2, 0.25) is 0 Å². The summed E-state index contributed by atoms with van der Waals surface area (Å²) in [5.74, 6) is 2.93. The molecule has 0 aromatic carbocycles. The van der Waals surface area contributed by atoms with E-state index < -0.39 is 0 Å². The van der Waals surface area contributed by atoms with Gasteiger partial charge >= 0.3 is 0 Å². The molecule has 0 saturated heterocycles. The number of guanidine groups is 1. The van der Waals surface area contributed by atoms with Crippen LogP contribution in [0.4, 0.5) is 0 Å². The topological polar surface area (TPSA) is 58.5 Å². The molecule has 0 amide bonds. The number of aromatic nitrogens is 1. The minimum absolute atomic E-state index is 0. The molecule has 1 aromatic heterocycles. The summed E-state index contributed by atoms with van der Waals surface area (Å²) < 4.78 is 5.44. The van der Waals surface area contributed by atoms with Crippen molar-refractivity contribution in [1.82, 2.24) is 15.6 Å². The zero-order valence-corrected chi connectivity index (χ0v) is 17.9. The molecule has 0 saturated carbocycles. The second kappa shape index (κ2) is 12.7. The van der Waals surface area contributed by atoms with Gasteiger partial charge in [-0.2, -0.15) is 11.8 Å². The van der Waals surface area contributed by atoms with Crippen LogP contribution in [0, 0.1) is 13.8 Å². The highest BCUT2D eigenvalue weighted by molar-refractivity contribution is 14.0. The molecule has 5 nitrogen and oxygen atoms in total. The van der Waals surface area contributed by atoms with Crippen molar-refractivity contribution < 1.29 is 4.74 Å². The molecule has 1 aromatic rings. The van der Waals surface area contributed by atoms with Crippen LogP contribution in [0.3, 0.4) is 0 Å². The molecule has 23 heavy (non-hydrogen) atoms. The SMILES string of the molecule is CN=C(NCCCCSC)NCc1ncc(C)c(OC)c1C.I. The lowest BCUT2D eigenvalue weighted by Gasteiger charge is -2.15. The fourth-order valence-corrected chi connectivity index (χ4v) is 2.71. The Kier molecular flexibility index (Phi) is 12.3. The second-order valence-electron chi connectivity index (χ2n) is 5.10. The first kappa shape index (κ1) is 22.3. The number of hydrogen-bond donors (Lipinski definition) is 2. The summed E-state index contributed by atoms with van der Waals surface area (Å²) >= 11 is 1.89. The molecule has 0 unspecified atom stereocenters. The highest BCUT2D eigenvalue weighted by atomic mass is 127. The average molecular weight is 452 g/mol. The van der Waals surface area contributed by atoms with E-state index in [1.54, 1.807) is 14.2 Å². The molecule has 132 valence electrons. The van der Waals surface area contributed by atoms with Gasteiger partial charge in [-0.25, -0.2) is 0 Å². The second-order valence-corrected chi connectivity index (χ2v) is 6.08. The highest BCUT2D eigenvalue weighted by Gasteiger charge is 2.09. The van der Waals surface area contributed by atoms with Crippen molar-refractivity contribution >= 4 is 41.7 Å². The quantitative estimate of drug-likeness (QED) is 0.275. The summed E-state index contributed by atoms with van der Waals surface area (Å²) in [5, 5.41) is 6.63. The third kappa shape index (κ3) is 7.60.